The van der Waals surface area contributed by atoms with Crippen molar-refractivity contribution in [3.63, 3.8) is 0 Å². The minimum absolute atomic E-state index is 0.922. The van der Waals surface area contributed by atoms with Gasteiger partial charge in [-0.05, 0) is 42.0 Å². The third-order valence-corrected chi connectivity index (χ3v) is 9.20. The van der Waals surface area contributed by atoms with Gasteiger partial charge in [0.15, 0.2) is 0 Å². The number of fused-ring (bicyclic) bond motifs is 10. The first-order chi connectivity index (χ1) is 19.3. The number of hydrogen-bond donors (Lipinski definition) is 0. The van der Waals surface area contributed by atoms with Crippen molar-refractivity contribution < 1.29 is 4.42 Å². The van der Waals surface area contributed by atoms with Gasteiger partial charge in [-0.1, -0.05) is 91.0 Å². The summed E-state index contributed by atoms with van der Waals surface area (Å²) in [6.45, 7) is 0. The number of hydrogen-bond acceptors (Lipinski definition) is 2. The van der Waals surface area contributed by atoms with E-state index >= 15 is 0 Å². The first-order valence-electron chi connectivity index (χ1n) is 13.2. The summed E-state index contributed by atoms with van der Waals surface area (Å²) in [7, 11) is 0. The van der Waals surface area contributed by atoms with Gasteiger partial charge < -0.3 is 8.98 Å². The van der Waals surface area contributed by atoms with Gasteiger partial charge in [0.1, 0.15) is 11.2 Å². The van der Waals surface area contributed by atoms with E-state index in [1.807, 2.05) is 23.5 Å². The van der Waals surface area contributed by atoms with Crippen LogP contribution in [0.1, 0.15) is 0 Å². The van der Waals surface area contributed by atoms with Crippen LogP contribution in [0.5, 0.6) is 0 Å². The van der Waals surface area contributed by atoms with Crippen molar-refractivity contribution >= 4 is 75.3 Å². The van der Waals surface area contributed by atoms with Crippen LogP contribution in [-0.4, -0.2) is 4.57 Å². The number of aromatic nitrogens is 1. The van der Waals surface area contributed by atoms with E-state index in [9.17, 15) is 0 Å². The second kappa shape index (κ2) is 7.83. The van der Waals surface area contributed by atoms with Crippen LogP contribution in [0.25, 0.3) is 80.7 Å². The van der Waals surface area contributed by atoms with E-state index in [4.69, 9.17) is 4.42 Å². The zero-order chi connectivity index (χ0) is 25.5. The van der Waals surface area contributed by atoms with Crippen molar-refractivity contribution in [2.24, 2.45) is 0 Å². The molecule has 3 aromatic heterocycles. The molecule has 0 saturated heterocycles. The second-order valence-corrected chi connectivity index (χ2v) is 11.2. The third kappa shape index (κ3) is 2.91. The first-order valence-corrected chi connectivity index (χ1v) is 14.0. The molecule has 0 saturated carbocycles. The van der Waals surface area contributed by atoms with E-state index in [1.165, 1.54) is 42.0 Å². The molecule has 0 aliphatic carbocycles. The molecule has 3 heteroatoms. The Morgan fingerprint density at radius 3 is 2.26 bits per heavy atom. The minimum Gasteiger partial charge on any atom is -0.455 e. The molecule has 9 rings (SSSR count). The lowest BCUT2D eigenvalue weighted by Crippen LogP contribution is -1.94. The predicted octanol–water partition coefficient (Wildman–Crippen LogP) is 10.7. The molecular formula is C36H21NOS. The molecule has 0 amide bonds. The molecular weight excluding hydrogens is 494 g/mol. The molecule has 9 aromatic rings. The Morgan fingerprint density at radius 1 is 0.538 bits per heavy atom. The molecule has 0 aliphatic rings. The van der Waals surface area contributed by atoms with Crippen LogP contribution in [0, 0.1) is 0 Å². The summed E-state index contributed by atoms with van der Waals surface area (Å²) in [6.07, 6.45) is 0. The fourth-order valence-electron chi connectivity index (χ4n) is 6.30. The number of para-hydroxylation sites is 3. The normalized spacial score (nSPS) is 12.1. The molecule has 0 atom stereocenters. The van der Waals surface area contributed by atoms with E-state index in [0.29, 0.717) is 0 Å². The highest BCUT2D eigenvalue weighted by Crippen LogP contribution is 2.43. The van der Waals surface area contributed by atoms with Crippen molar-refractivity contribution in [3.8, 4) is 16.8 Å². The average molecular weight is 516 g/mol. The molecule has 6 aromatic carbocycles. The highest BCUT2D eigenvalue weighted by Gasteiger charge is 2.18. The Balaban J connectivity index is 1.33. The molecule has 0 N–H and O–H groups in total. The quantitative estimate of drug-likeness (QED) is 0.224. The molecule has 0 aliphatic heterocycles. The van der Waals surface area contributed by atoms with Crippen LogP contribution in [-0.2, 0) is 0 Å². The molecule has 0 fully saturated rings. The highest BCUT2D eigenvalue weighted by molar-refractivity contribution is 7.26. The van der Waals surface area contributed by atoms with Gasteiger partial charge in [0.2, 0.25) is 0 Å². The number of furan rings is 1. The Hall–Kier alpha value is -4.86. The predicted molar refractivity (Wildman–Crippen MR) is 166 cm³/mol. The van der Waals surface area contributed by atoms with Crippen LogP contribution in [0.4, 0.5) is 0 Å². The Bertz CT molecular complexity index is 2400. The maximum atomic E-state index is 6.38. The number of thiophene rings is 1. The summed E-state index contributed by atoms with van der Waals surface area (Å²) < 4.78 is 11.5. The Kier molecular flexibility index (Phi) is 4.24. The van der Waals surface area contributed by atoms with E-state index in [0.717, 1.165) is 38.8 Å². The van der Waals surface area contributed by atoms with Gasteiger partial charge in [0, 0.05) is 53.0 Å². The Labute approximate surface area is 227 Å². The maximum Gasteiger partial charge on any atom is 0.143 e. The Morgan fingerprint density at radius 2 is 1.31 bits per heavy atom. The minimum atomic E-state index is 0.922. The molecule has 0 spiro atoms. The molecule has 0 unspecified atom stereocenters. The standard InChI is InChI=1S/C36H21NOS/c1-4-16-30-29(13-1)34-31(20-19-28-26-12-3-6-18-33(26)39-36(28)34)37(30)23-10-7-9-22(21-23)24-14-8-15-27-25-11-2-5-17-32(25)38-35(24)27/h1-21H. The number of benzene rings is 6. The van der Waals surface area contributed by atoms with Crippen LogP contribution in [0.2, 0.25) is 0 Å². The molecule has 0 radical (unpaired) electrons. The lowest BCUT2D eigenvalue weighted by atomic mass is 10.0. The maximum absolute atomic E-state index is 6.38. The number of rotatable bonds is 2. The summed E-state index contributed by atoms with van der Waals surface area (Å²) in [5.41, 5.74) is 7.71. The van der Waals surface area contributed by atoms with Crippen LogP contribution >= 0.6 is 11.3 Å². The van der Waals surface area contributed by atoms with Crippen molar-refractivity contribution in [3.05, 3.63) is 127 Å². The van der Waals surface area contributed by atoms with Crippen LogP contribution in [0.15, 0.2) is 132 Å². The first kappa shape index (κ1) is 21.1. The van der Waals surface area contributed by atoms with Gasteiger partial charge in [-0.3, -0.25) is 0 Å². The second-order valence-electron chi connectivity index (χ2n) is 10.1. The fourth-order valence-corrected chi connectivity index (χ4v) is 7.56. The highest BCUT2D eigenvalue weighted by atomic mass is 32.1. The number of nitrogens with zero attached hydrogens (tertiary/aromatic N) is 1. The van der Waals surface area contributed by atoms with Crippen molar-refractivity contribution in [1.82, 2.24) is 4.57 Å². The summed E-state index contributed by atoms with van der Waals surface area (Å²) in [5, 5.41) is 7.58. The third-order valence-electron chi connectivity index (χ3n) is 8.00. The lowest BCUT2D eigenvalue weighted by molar-refractivity contribution is 0.670. The molecule has 3 heterocycles. The van der Waals surface area contributed by atoms with Gasteiger partial charge in [0.05, 0.1) is 11.0 Å². The van der Waals surface area contributed by atoms with Crippen molar-refractivity contribution in [1.29, 1.82) is 0 Å². The van der Waals surface area contributed by atoms with Gasteiger partial charge in [0.25, 0.3) is 0 Å². The SMILES string of the molecule is c1cc(-c2cccc3c2oc2ccccc23)cc(-n2c3ccccc3c3c4sc5ccccc5c4ccc32)c1. The van der Waals surface area contributed by atoms with E-state index in [2.05, 4.69) is 120 Å². The fraction of sp³-hybridized carbons (Fsp3) is 0. The van der Waals surface area contributed by atoms with E-state index in [1.54, 1.807) is 0 Å². The lowest BCUT2D eigenvalue weighted by Gasteiger charge is -2.11. The average Bonchev–Trinajstić information content (AvgIpc) is 3.66. The smallest absolute Gasteiger partial charge is 0.143 e. The summed E-state index contributed by atoms with van der Waals surface area (Å²) in [6, 6.07) is 45.7. The molecule has 39 heavy (non-hydrogen) atoms. The summed E-state index contributed by atoms with van der Waals surface area (Å²) in [5.74, 6) is 0. The van der Waals surface area contributed by atoms with E-state index in [-0.39, 0.29) is 0 Å². The van der Waals surface area contributed by atoms with Gasteiger partial charge in [-0.15, -0.1) is 11.3 Å². The van der Waals surface area contributed by atoms with Crippen molar-refractivity contribution in [2.75, 3.05) is 0 Å². The van der Waals surface area contributed by atoms with Gasteiger partial charge >= 0.3 is 0 Å². The van der Waals surface area contributed by atoms with Gasteiger partial charge in [-0.2, -0.15) is 0 Å². The summed E-state index contributed by atoms with van der Waals surface area (Å²) in [4.78, 5) is 0. The van der Waals surface area contributed by atoms with Gasteiger partial charge in [-0.25, -0.2) is 0 Å². The molecule has 182 valence electrons. The van der Waals surface area contributed by atoms with Crippen molar-refractivity contribution in [2.45, 2.75) is 0 Å². The zero-order valence-corrected chi connectivity index (χ0v) is 21.7. The van der Waals surface area contributed by atoms with Crippen LogP contribution < -0.4 is 0 Å². The van der Waals surface area contributed by atoms with E-state index < -0.39 is 0 Å². The zero-order valence-electron chi connectivity index (χ0n) is 20.9. The largest absolute Gasteiger partial charge is 0.455 e. The summed E-state index contributed by atoms with van der Waals surface area (Å²) >= 11 is 1.89. The molecule has 2 nitrogen and oxygen atoms in total. The monoisotopic (exact) mass is 515 g/mol. The molecule has 0 bridgehead atoms. The topological polar surface area (TPSA) is 18.1 Å². The van der Waals surface area contributed by atoms with Crippen LogP contribution in [0.3, 0.4) is 0 Å².